The number of nitrogens with one attached hydrogen (secondary N) is 1. The summed E-state index contributed by atoms with van der Waals surface area (Å²) in [7, 11) is -3.99. The molecule has 28 heavy (non-hydrogen) atoms. The molecule has 152 valence electrons. The Hall–Kier alpha value is -2.41. The Morgan fingerprint density at radius 2 is 1.50 bits per heavy atom. The van der Waals surface area contributed by atoms with Crippen LogP contribution in [-0.2, 0) is 14.8 Å². The lowest BCUT2D eigenvalue weighted by molar-refractivity contribution is -0.121. The smallest absolute Gasteiger partial charge is 0.264 e. The van der Waals surface area contributed by atoms with Crippen LogP contribution in [0.25, 0.3) is 0 Å². The van der Waals surface area contributed by atoms with Gasteiger partial charge < -0.3 is 5.32 Å². The maximum absolute atomic E-state index is 13.3. The molecule has 0 bridgehead atoms. The number of amides is 1. The standard InChI is InChI=1S/C21H27FN2O3S/c1-15(2)21(16(3)4)23-20(25)14-24(18-12-10-17(22)11-13-18)28(26,27)19-8-6-5-7-9-19/h5-13,15-16,21H,14H2,1-4H3,(H,23,25). The normalized spacial score (nSPS) is 11.9. The Morgan fingerprint density at radius 3 is 2.00 bits per heavy atom. The largest absolute Gasteiger partial charge is 0.351 e. The summed E-state index contributed by atoms with van der Waals surface area (Å²) in [6.45, 7) is 7.62. The van der Waals surface area contributed by atoms with Crippen molar-refractivity contribution < 1.29 is 17.6 Å². The first-order valence-corrected chi connectivity index (χ1v) is 10.7. The maximum atomic E-state index is 13.3. The molecule has 7 heteroatoms. The third-order valence-corrected chi connectivity index (χ3v) is 6.29. The Balaban J connectivity index is 2.37. The zero-order chi connectivity index (χ0) is 20.9. The van der Waals surface area contributed by atoms with Gasteiger partial charge in [-0.2, -0.15) is 0 Å². The van der Waals surface area contributed by atoms with Gasteiger partial charge in [0.05, 0.1) is 10.6 Å². The van der Waals surface area contributed by atoms with Crippen LogP contribution in [0.5, 0.6) is 0 Å². The van der Waals surface area contributed by atoms with Gasteiger partial charge in [0, 0.05) is 6.04 Å². The van der Waals surface area contributed by atoms with Gasteiger partial charge in [-0.1, -0.05) is 45.9 Å². The second kappa shape index (κ2) is 9.19. The molecular formula is C21H27FN2O3S. The van der Waals surface area contributed by atoms with Crippen molar-refractivity contribution in [3.63, 3.8) is 0 Å². The second-order valence-electron chi connectivity index (χ2n) is 7.38. The number of sulfonamides is 1. The van der Waals surface area contributed by atoms with Gasteiger partial charge >= 0.3 is 0 Å². The predicted molar refractivity (Wildman–Crippen MR) is 109 cm³/mol. The number of carbonyl (C=O) groups is 1. The van der Waals surface area contributed by atoms with E-state index in [0.717, 1.165) is 4.31 Å². The van der Waals surface area contributed by atoms with Gasteiger partial charge in [-0.3, -0.25) is 9.10 Å². The molecule has 0 heterocycles. The quantitative estimate of drug-likeness (QED) is 0.725. The first-order valence-electron chi connectivity index (χ1n) is 9.25. The minimum atomic E-state index is -3.99. The van der Waals surface area contributed by atoms with Gasteiger partial charge in [-0.15, -0.1) is 0 Å². The predicted octanol–water partition coefficient (Wildman–Crippen LogP) is 3.82. The number of hydrogen-bond donors (Lipinski definition) is 1. The summed E-state index contributed by atoms with van der Waals surface area (Å²) in [4.78, 5) is 12.8. The molecule has 0 saturated carbocycles. The molecule has 0 radical (unpaired) electrons. The van der Waals surface area contributed by atoms with Crippen LogP contribution in [0.15, 0.2) is 59.5 Å². The van der Waals surface area contributed by atoms with E-state index in [1.165, 1.54) is 36.4 Å². The number of halogens is 1. The van der Waals surface area contributed by atoms with E-state index < -0.39 is 28.3 Å². The number of rotatable bonds is 8. The highest BCUT2D eigenvalue weighted by atomic mass is 32.2. The van der Waals surface area contributed by atoms with E-state index in [2.05, 4.69) is 5.32 Å². The zero-order valence-corrected chi connectivity index (χ0v) is 17.4. The molecule has 0 aliphatic heterocycles. The molecule has 2 rings (SSSR count). The lowest BCUT2D eigenvalue weighted by Crippen LogP contribution is -2.47. The van der Waals surface area contributed by atoms with Crippen LogP contribution in [-0.4, -0.2) is 26.9 Å². The van der Waals surface area contributed by atoms with Gasteiger partial charge in [0.1, 0.15) is 12.4 Å². The van der Waals surface area contributed by atoms with Crippen LogP contribution in [0.1, 0.15) is 27.7 Å². The minimum absolute atomic E-state index is 0.0661. The third-order valence-electron chi connectivity index (χ3n) is 4.50. The van der Waals surface area contributed by atoms with E-state index in [9.17, 15) is 17.6 Å². The second-order valence-corrected chi connectivity index (χ2v) is 9.24. The molecule has 5 nitrogen and oxygen atoms in total. The molecule has 1 amide bonds. The summed E-state index contributed by atoms with van der Waals surface area (Å²) in [6.07, 6.45) is 0. The van der Waals surface area contributed by atoms with Crippen molar-refractivity contribution in [2.24, 2.45) is 11.8 Å². The molecule has 0 aliphatic carbocycles. The highest BCUT2D eigenvalue weighted by Crippen LogP contribution is 2.24. The molecule has 2 aromatic rings. The fraction of sp³-hybridized carbons (Fsp3) is 0.381. The highest BCUT2D eigenvalue weighted by molar-refractivity contribution is 7.92. The van der Waals surface area contributed by atoms with E-state index in [-0.39, 0.29) is 28.5 Å². The van der Waals surface area contributed by atoms with E-state index in [0.29, 0.717) is 0 Å². The average Bonchev–Trinajstić information content (AvgIpc) is 2.65. The van der Waals surface area contributed by atoms with Crippen molar-refractivity contribution in [1.29, 1.82) is 0 Å². The first kappa shape index (κ1) is 21.9. The fourth-order valence-electron chi connectivity index (χ4n) is 3.11. The lowest BCUT2D eigenvalue weighted by atomic mass is 9.93. The van der Waals surface area contributed by atoms with Crippen molar-refractivity contribution in [1.82, 2.24) is 5.32 Å². The van der Waals surface area contributed by atoms with Gasteiger partial charge in [-0.25, -0.2) is 12.8 Å². The maximum Gasteiger partial charge on any atom is 0.264 e. The third kappa shape index (κ3) is 5.32. The summed E-state index contributed by atoms with van der Waals surface area (Å²) < 4.78 is 40.7. The summed E-state index contributed by atoms with van der Waals surface area (Å²) in [6, 6.07) is 12.8. The molecule has 0 atom stereocenters. The summed E-state index contributed by atoms with van der Waals surface area (Å²) in [5.41, 5.74) is 0.228. The van der Waals surface area contributed by atoms with E-state index >= 15 is 0 Å². The van der Waals surface area contributed by atoms with Gasteiger partial charge in [0.2, 0.25) is 5.91 Å². The van der Waals surface area contributed by atoms with Gasteiger partial charge in [0.15, 0.2) is 0 Å². The van der Waals surface area contributed by atoms with E-state index in [1.54, 1.807) is 18.2 Å². The molecular weight excluding hydrogens is 379 g/mol. The van der Waals surface area contributed by atoms with Crippen LogP contribution in [0.2, 0.25) is 0 Å². The highest BCUT2D eigenvalue weighted by Gasteiger charge is 2.28. The van der Waals surface area contributed by atoms with Crippen molar-refractivity contribution in [3.05, 3.63) is 60.4 Å². The van der Waals surface area contributed by atoms with Crippen LogP contribution in [0, 0.1) is 17.7 Å². The Kier molecular flexibility index (Phi) is 7.18. The molecule has 0 unspecified atom stereocenters. The molecule has 0 spiro atoms. The first-order chi connectivity index (χ1) is 13.1. The lowest BCUT2D eigenvalue weighted by Gasteiger charge is -2.29. The minimum Gasteiger partial charge on any atom is -0.351 e. The van der Waals surface area contributed by atoms with Crippen molar-refractivity contribution in [3.8, 4) is 0 Å². The molecule has 0 aliphatic rings. The number of nitrogens with zero attached hydrogens (tertiary/aromatic N) is 1. The number of hydrogen-bond acceptors (Lipinski definition) is 3. The summed E-state index contributed by atoms with van der Waals surface area (Å²) in [5, 5.41) is 2.93. The summed E-state index contributed by atoms with van der Waals surface area (Å²) >= 11 is 0. The summed E-state index contributed by atoms with van der Waals surface area (Å²) in [5.74, 6) is -0.482. The Labute approximate surface area is 166 Å². The van der Waals surface area contributed by atoms with Crippen molar-refractivity contribution >= 4 is 21.6 Å². The molecule has 0 saturated heterocycles. The van der Waals surface area contributed by atoms with E-state index in [1.807, 2.05) is 27.7 Å². The number of carbonyl (C=O) groups excluding carboxylic acids is 1. The Bertz CT molecular complexity index is 874. The Morgan fingerprint density at radius 1 is 0.964 bits per heavy atom. The van der Waals surface area contributed by atoms with Crippen molar-refractivity contribution in [2.45, 2.75) is 38.6 Å². The topological polar surface area (TPSA) is 66.5 Å². The van der Waals surface area contributed by atoms with Crippen LogP contribution in [0.3, 0.4) is 0 Å². The van der Waals surface area contributed by atoms with Gasteiger partial charge in [0.25, 0.3) is 10.0 Å². The van der Waals surface area contributed by atoms with Crippen LogP contribution in [0.4, 0.5) is 10.1 Å². The van der Waals surface area contributed by atoms with E-state index in [4.69, 9.17) is 0 Å². The number of anilines is 1. The SMILES string of the molecule is CC(C)C(NC(=O)CN(c1ccc(F)cc1)S(=O)(=O)c1ccccc1)C(C)C. The van der Waals surface area contributed by atoms with Crippen molar-refractivity contribution in [2.75, 3.05) is 10.8 Å². The molecule has 1 N–H and O–H groups in total. The zero-order valence-electron chi connectivity index (χ0n) is 16.6. The molecule has 0 fully saturated rings. The van der Waals surface area contributed by atoms with Crippen LogP contribution >= 0.6 is 0 Å². The monoisotopic (exact) mass is 406 g/mol. The fourth-order valence-corrected chi connectivity index (χ4v) is 4.55. The number of benzene rings is 2. The van der Waals surface area contributed by atoms with Crippen LogP contribution < -0.4 is 9.62 Å². The molecule has 0 aromatic heterocycles. The van der Waals surface area contributed by atoms with Gasteiger partial charge in [-0.05, 0) is 48.2 Å². The molecule has 2 aromatic carbocycles. The average molecular weight is 407 g/mol.